The molecule has 2 rings (SSSR count). The highest BCUT2D eigenvalue weighted by atomic mass is 35.5. The Bertz CT molecular complexity index is 520. The molecule has 1 aromatic rings. The standard InChI is InChI=1S/C15H19F3N2O2.ClH/c1-20(12-8-9-19-10-12)14(21)7-6-11-4-2-3-5-13(11)22-15(16,17)18;/h2-5,12,19H,6-10H2,1H3;1H. The minimum Gasteiger partial charge on any atom is -0.406 e. The van der Waals surface area contributed by atoms with Crippen molar-refractivity contribution in [3.05, 3.63) is 29.8 Å². The van der Waals surface area contributed by atoms with Gasteiger partial charge in [-0.15, -0.1) is 25.6 Å². The molecule has 1 aromatic carbocycles. The molecule has 130 valence electrons. The van der Waals surface area contributed by atoms with Gasteiger partial charge in [-0.3, -0.25) is 4.79 Å². The Morgan fingerprint density at radius 1 is 1.39 bits per heavy atom. The van der Waals surface area contributed by atoms with Crippen LogP contribution in [0.2, 0.25) is 0 Å². The quantitative estimate of drug-likeness (QED) is 0.886. The molecule has 1 aliphatic rings. The predicted octanol–water partition coefficient (Wildman–Crippen LogP) is 2.76. The number of aryl methyl sites for hydroxylation is 1. The van der Waals surface area contributed by atoms with Crippen LogP contribution in [0.4, 0.5) is 13.2 Å². The maximum absolute atomic E-state index is 12.3. The van der Waals surface area contributed by atoms with E-state index in [9.17, 15) is 18.0 Å². The average molecular weight is 353 g/mol. The van der Waals surface area contributed by atoms with E-state index in [0.29, 0.717) is 5.56 Å². The number of amides is 1. The van der Waals surface area contributed by atoms with Gasteiger partial charge in [-0.05, 0) is 31.0 Å². The molecule has 1 aliphatic heterocycles. The van der Waals surface area contributed by atoms with Crippen LogP contribution in [0.5, 0.6) is 5.75 Å². The van der Waals surface area contributed by atoms with Crippen molar-refractivity contribution in [2.75, 3.05) is 20.1 Å². The minimum atomic E-state index is -4.73. The van der Waals surface area contributed by atoms with E-state index in [4.69, 9.17) is 0 Å². The van der Waals surface area contributed by atoms with E-state index in [1.165, 1.54) is 12.1 Å². The predicted molar refractivity (Wildman–Crippen MR) is 82.7 cm³/mol. The van der Waals surface area contributed by atoms with Gasteiger partial charge in [-0.1, -0.05) is 18.2 Å². The van der Waals surface area contributed by atoms with Crippen molar-refractivity contribution < 1.29 is 22.7 Å². The number of alkyl halides is 3. The van der Waals surface area contributed by atoms with Crippen molar-refractivity contribution in [2.24, 2.45) is 0 Å². The summed E-state index contributed by atoms with van der Waals surface area (Å²) < 4.78 is 41.0. The number of hydrogen-bond acceptors (Lipinski definition) is 3. The fourth-order valence-electron chi connectivity index (χ4n) is 2.53. The molecule has 1 fully saturated rings. The van der Waals surface area contributed by atoms with Crippen LogP contribution < -0.4 is 10.1 Å². The third-order valence-electron chi connectivity index (χ3n) is 3.78. The maximum atomic E-state index is 12.3. The largest absolute Gasteiger partial charge is 0.573 e. The fourth-order valence-corrected chi connectivity index (χ4v) is 2.53. The van der Waals surface area contributed by atoms with Crippen LogP contribution in [-0.4, -0.2) is 43.3 Å². The maximum Gasteiger partial charge on any atom is 0.573 e. The Balaban J connectivity index is 0.00000264. The van der Waals surface area contributed by atoms with Gasteiger partial charge >= 0.3 is 6.36 Å². The number of hydrogen-bond donors (Lipinski definition) is 1. The lowest BCUT2D eigenvalue weighted by atomic mass is 10.1. The van der Waals surface area contributed by atoms with E-state index >= 15 is 0 Å². The minimum absolute atomic E-state index is 0. The summed E-state index contributed by atoms with van der Waals surface area (Å²) in [5.74, 6) is -0.316. The fraction of sp³-hybridized carbons (Fsp3) is 0.533. The van der Waals surface area contributed by atoms with Crippen LogP contribution in [-0.2, 0) is 11.2 Å². The van der Waals surface area contributed by atoms with E-state index in [-0.39, 0.29) is 42.9 Å². The molecule has 0 spiro atoms. The lowest BCUT2D eigenvalue weighted by Crippen LogP contribution is -2.38. The zero-order valence-electron chi connectivity index (χ0n) is 12.7. The molecule has 0 bridgehead atoms. The normalized spacial score (nSPS) is 17.5. The van der Waals surface area contributed by atoms with Gasteiger partial charge in [0.05, 0.1) is 0 Å². The zero-order valence-corrected chi connectivity index (χ0v) is 13.5. The molecule has 1 heterocycles. The van der Waals surface area contributed by atoms with Crippen LogP contribution in [0.25, 0.3) is 0 Å². The summed E-state index contributed by atoms with van der Waals surface area (Å²) >= 11 is 0. The van der Waals surface area contributed by atoms with Crippen LogP contribution in [0.1, 0.15) is 18.4 Å². The number of nitrogens with zero attached hydrogens (tertiary/aromatic N) is 1. The van der Waals surface area contributed by atoms with Gasteiger partial charge in [-0.25, -0.2) is 0 Å². The summed E-state index contributed by atoms with van der Waals surface area (Å²) in [4.78, 5) is 13.8. The number of likely N-dealkylation sites (N-methyl/N-ethyl adjacent to an activating group) is 1. The van der Waals surface area contributed by atoms with Gasteiger partial charge in [0.25, 0.3) is 0 Å². The first-order chi connectivity index (χ1) is 10.4. The number of ether oxygens (including phenoxy) is 1. The van der Waals surface area contributed by atoms with E-state index in [0.717, 1.165) is 19.5 Å². The van der Waals surface area contributed by atoms with Crippen molar-refractivity contribution in [2.45, 2.75) is 31.7 Å². The molecule has 1 N–H and O–H groups in total. The van der Waals surface area contributed by atoms with E-state index in [1.807, 2.05) is 0 Å². The zero-order chi connectivity index (χ0) is 16.2. The molecule has 1 unspecified atom stereocenters. The summed E-state index contributed by atoms with van der Waals surface area (Å²) in [6.45, 7) is 1.64. The highest BCUT2D eigenvalue weighted by Gasteiger charge is 2.32. The highest BCUT2D eigenvalue weighted by molar-refractivity contribution is 5.85. The second kappa shape index (κ2) is 8.40. The van der Waals surface area contributed by atoms with E-state index < -0.39 is 6.36 Å². The van der Waals surface area contributed by atoms with Crippen LogP contribution in [0.3, 0.4) is 0 Å². The van der Waals surface area contributed by atoms with Crippen molar-refractivity contribution in [3.63, 3.8) is 0 Å². The molecule has 1 atom stereocenters. The summed E-state index contributed by atoms with van der Waals surface area (Å²) in [5.41, 5.74) is 0.381. The van der Waals surface area contributed by atoms with Gasteiger partial charge < -0.3 is 15.0 Å². The van der Waals surface area contributed by atoms with Crippen LogP contribution in [0, 0.1) is 0 Å². The first-order valence-corrected chi connectivity index (χ1v) is 7.17. The molecule has 23 heavy (non-hydrogen) atoms. The molecule has 0 saturated carbocycles. The second-order valence-corrected chi connectivity index (χ2v) is 5.31. The second-order valence-electron chi connectivity index (χ2n) is 5.31. The van der Waals surface area contributed by atoms with Crippen molar-refractivity contribution in [3.8, 4) is 5.75 Å². The summed E-state index contributed by atoms with van der Waals surface area (Å²) in [5, 5.41) is 3.18. The average Bonchev–Trinajstić information content (AvgIpc) is 2.97. The monoisotopic (exact) mass is 352 g/mol. The lowest BCUT2D eigenvalue weighted by molar-refractivity contribution is -0.274. The van der Waals surface area contributed by atoms with Gasteiger partial charge in [-0.2, -0.15) is 0 Å². The molecule has 4 nitrogen and oxygen atoms in total. The summed E-state index contributed by atoms with van der Waals surface area (Å²) in [7, 11) is 1.73. The summed E-state index contributed by atoms with van der Waals surface area (Å²) in [6.07, 6.45) is -3.46. The molecule has 1 amide bonds. The molecule has 0 radical (unpaired) electrons. The first kappa shape index (κ1) is 19.6. The number of rotatable bonds is 5. The molecular weight excluding hydrogens is 333 g/mol. The Morgan fingerprint density at radius 3 is 2.70 bits per heavy atom. The Labute approximate surface area is 139 Å². The first-order valence-electron chi connectivity index (χ1n) is 7.17. The Kier molecular flexibility index (Phi) is 7.15. The smallest absolute Gasteiger partial charge is 0.406 e. The van der Waals surface area contributed by atoms with Crippen LogP contribution >= 0.6 is 12.4 Å². The van der Waals surface area contributed by atoms with E-state index in [1.54, 1.807) is 24.1 Å². The van der Waals surface area contributed by atoms with Gasteiger partial charge in [0, 0.05) is 26.1 Å². The van der Waals surface area contributed by atoms with Crippen molar-refractivity contribution in [1.82, 2.24) is 10.2 Å². The van der Waals surface area contributed by atoms with Gasteiger partial charge in [0.2, 0.25) is 5.91 Å². The number of para-hydroxylation sites is 1. The third kappa shape index (κ3) is 5.91. The Hall–Kier alpha value is -1.47. The van der Waals surface area contributed by atoms with Crippen molar-refractivity contribution >= 4 is 18.3 Å². The van der Waals surface area contributed by atoms with Crippen LogP contribution in [0.15, 0.2) is 24.3 Å². The molecule has 8 heteroatoms. The molecular formula is C15H20ClF3N2O2. The lowest BCUT2D eigenvalue weighted by Gasteiger charge is -2.24. The van der Waals surface area contributed by atoms with Gasteiger partial charge in [0.1, 0.15) is 5.75 Å². The third-order valence-corrected chi connectivity index (χ3v) is 3.78. The Morgan fingerprint density at radius 2 is 2.09 bits per heavy atom. The molecule has 0 aromatic heterocycles. The van der Waals surface area contributed by atoms with E-state index in [2.05, 4.69) is 10.1 Å². The van der Waals surface area contributed by atoms with Crippen molar-refractivity contribution in [1.29, 1.82) is 0 Å². The summed E-state index contributed by atoms with van der Waals surface area (Å²) in [6, 6.07) is 6.08. The molecule has 1 saturated heterocycles. The number of carbonyl (C=O) groups excluding carboxylic acids is 1. The number of carbonyl (C=O) groups is 1. The van der Waals surface area contributed by atoms with Gasteiger partial charge in [0.15, 0.2) is 0 Å². The highest BCUT2D eigenvalue weighted by Crippen LogP contribution is 2.27. The molecule has 0 aliphatic carbocycles. The topological polar surface area (TPSA) is 41.6 Å². The number of nitrogens with one attached hydrogen (secondary N) is 1. The SMILES string of the molecule is CN(C(=O)CCc1ccccc1OC(F)(F)F)C1CCNC1.Cl. The number of benzene rings is 1. The number of halogens is 4.